The van der Waals surface area contributed by atoms with Crippen molar-refractivity contribution in [2.24, 2.45) is 5.73 Å². The highest BCUT2D eigenvalue weighted by Gasteiger charge is 2.17. The van der Waals surface area contributed by atoms with E-state index in [1.807, 2.05) is 41.9 Å². The minimum Gasteiger partial charge on any atom is -0.351 e. The summed E-state index contributed by atoms with van der Waals surface area (Å²) in [6.45, 7) is 3.23. The Bertz CT molecular complexity index is 875. The van der Waals surface area contributed by atoms with Crippen molar-refractivity contribution in [3.63, 3.8) is 0 Å². The van der Waals surface area contributed by atoms with E-state index in [0.29, 0.717) is 23.0 Å². The number of nitrogens with one attached hydrogen (secondary N) is 1. The summed E-state index contributed by atoms with van der Waals surface area (Å²) in [7, 11) is 0. The quantitative estimate of drug-likeness (QED) is 0.617. The molecule has 0 saturated carbocycles. The molecule has 1 aromatic carbocycles. The van der Waals surface area contributed by atoms with Crippen LogP contribution in [0.3, 0.4) is 0 Å². The first-order valence-corrected chi connectivity index (χ1v) is 9.03. The molecule has 0 saturated heterocycles. The van der Waals surface area contributed by atoms with Gasteiger partial charge in [-0.05, 0) is 50.6 Å². The van der Waals surface area contributed by atoms with E-state index in [9.17, 15) is 4.79 Å². The number of carbonyl (C=O) groups excluding carboxylic acids is 1. The maximum atomic E-state index is 12.3. The van der Waals surface area contributed by atoms with Crippen molar-refractivity contribution in [3.05, 3.63) is 45.9 Å². The Labute approximate surface area is 161 Å². The number of nitrogens with two attached hydrogens (primary N) is 1. The highest BCUT2D eigenvalue weighted by atomic mass is 35.5. The highest BCUT2D eigenvalue weighted by Crippen LogP contribution is 2.30. The second kappa shape index (κ2) is 8.67. The number of hydrogen-bond donors (Lipinski definition) is 2. The molecule has 0 aliphatic heterocycles. The molecule has 5 nitrogen and oxygen atoms in total. The average molecular weight is 399 g/mol. The van der Waals surface area contributed by atoms with Crippen LogP contribution in [0.4, 0.5) is 0 Å². The fourth-order valence-corrected chi connectivity index (χ4v) is 3.78. The molecule has 2 aromatic heterocycles. The Morgan fingerprint density at radius 1 is 1.36 bits per heavy atom. The summed E-state index contributed by atoms with van der Waals surface area (Å²) in [5.41, 5.74) is 7.24. The second-order valence-corrected chi connectivity index (χ2v) is 7.03. The van der Waals surface area contributed by atoms with Crippen LogP contribution in [0.15, 0.2) is 30.3 Å². The molecule has 3 N–H and O–H groups in total. The largest absolute Gasteiger partial charge is 0.351 e. The maximum absolute atomic E-state index is 12.3. The number of thiophene rings is 1. The van der Waals surface area contributed by atoms with E-state index >= 15 is 0 Å². The van der Waals surface area contributed by atoms with Crippen molar-refractivity contribution >= 4 is 51.5 Å². The number of unbranched alkanes of at least 4 members (excludes halogenated alkanes) is 1. The number of halogens is 2. The summed E-state index contributed by atoms with van der Waals surface area (Å²) in [5.74, 6) is -0.0507. The standard InChI is InChI=1S/C17H19ClN4OS.ClH/c1-11-14-10-15(16(23)20-8-3-2-7-19)24-17(14)22(21-11)13-6-4-5-12(18)9-13;/h4-6,9-10H,2-3,7-8,19H2,1H3,(H,20,23);1H. The second-order valence-electron chi connectivity index (χ2n) is 5.56. The molecule has 25 heavy (non-hydrogen) atoms. The van der Waals surface area contributed by atoms with Gasteiger partial charge in [-0.15, -0.1) is 23.7 Å². The van der Waals surface area contributed by atoms with Gasteiger partial charge in [0.25, 0.3) is 5.91 Å². The molecular formula is C17H20Cl2N4OS. The SMILES string of the molecule is Cc1nn(-c2cccc(Cl)c2)c2sc(C(=O)NCCCCN)cc12.Cl. The van der Waals surface area contributed by atoms with E-state index < -0.39 is 0 Å². The summed E-state index contributed by atoms with van der Waals surface area (Å²) in [6, 6.07) is 9.43. The van der Waals surface area contributed by atoms with E-state index in [2.05, 4.69) is 10.4 Å². The molecule has 0 spiro atoms. The molecule has 134 valence electrons. The van der Waals surface area contributed by atoms with E-state index in [4.69, 9.17) is 17.3 Å². The van der Waals surface area contributed by atoms with Gasteiger partial charge in [0.15, 0.2) is 0 Å². The Hall–Kier alpha value is -1.60. The van der Waals surface area contributed by atoms with Gasteiger partial charge in [0.05, 0.1) is 16.3 Å². The number of hydrogen-bond acceptors (Lipinski definition) is 4. The molecule has 0 unspecified atom stereocenters. The molecule has 8 heteroatoms. The molecule has 0 aliphatic rings. The number of aryl methyl sites for hydroxylation is 1. The predicted octanol–water partition coefficient (Wildman–Crippen LogP) is 3.94. The normalized spacial score (nSPS) is 10.7. The van der Waals surface area contributed by atoms with Crippen molar-refractivity contribution in [1.29, 1.82) is 0 Å². The zero-order valence-electron chi connectivity index (χ0n) is 13.8. The van der Waals surface area contributed by atoms with Crippen LogP contribution >= 0.6 is 35.3 Å². The third-order valence-corrected chi connectivity index (χ3v) is 5.08. The summed E-state index contributed by atoms with van der Waals surface area (Å²) >= 11 is 7.52. The van der Waals surface area contributed by atoms with Crippen LogP contribution in [0, 0.1) is 6.92 Å². The molecule has 1 amide bonds. The molecule has 0 atom stereocenters. The Morgan fingerprint density at radius 3 is 2.88 bits per heavy atom. The zero-order chi connectivity index (χ0) is 17.1. The zero-order valence-corrected chi connectivity index (χ0v) is 16.2. The van der Waals surface area contributed by atoms with E-state index in [0.717, 1.165) is 34.4 Å². The smallest absolute Gasteiger partial charge is 0.261 e. The first kappa shape index (κ1) is 19.7. The number of amides is 1. The maximum Gasteiger partial charge on any atom is 0.261 e. The van der Waals surface area contributed by atoms with Crippen LogP contribution in [0.2, 0.25) is 5.02 Å². The summed E-state index contributed by atoms with van der Waals surface area (Å²) in [6.07, 6.45) is 1.80. The number of carbonyl (C=O) groups is 1. The van der Waals surface area contributed by atoms with Crippen molar-refractivity contribution in [1.82, 2.24) is 15.1 Å². The number of fused-ring (bicyclic) bond motifs is 1. The fourth-order valence-electron chi connectivity index (χ4n) is 2.50. The van der Waals surface area contributed by atoms with Crippen molar-refractivity contribution in [3.8, 4) is 5.69 Å². The third kappa shape index (κ3) is 4.33. The van der Waals surface area contributed by atoms with Gasteiger partial charge in [-0.2, -0.15) is 5.10 Å². The minimum absolute atomic E-state index is 0. The molecule has 0 radical (unpaired) electrons. The van der Waals surface area contributed by atoms with Gasteiger partial charge >= 0.3 is 0 Å². The lowest BCUT2D eigenvalue weighted by atomic mass is 10.3. The van der Waals surface area contributed by atoms with Gasteiger partial charge in [0, 0.05) is 17.0 Å². The lowest BCUT2D eigenvalue weighted by Gasteiger charge is -2.03. The van der Waals surface area contributed by atoms with Crippen LogP contribution in [0.5, 0.6) is 0 Å². The van der Waals surface area contributed by atoms with E-state index in [1.165, 1.54) is 11.3 Å². The van der Waals surface area contributed by atoms with Crippen LogP contribution < -0.4 is 11.1 Å². The van der Waals surface area contributed by atoms with Crippen molar-refractivity contribution < 1.29 is 4.79 Å². The first-order chi connectivity index (χ1) is 11.6. The monoisotopic (exact) mass is 398 g/mol. The average Bonchev–Trinajstić information content (AvgIpc) is 3.12. The number of rotatable bonds is 6. The number of nitrogens with zero attached hydrogens (tertiary/aromatic N) is 2. The van der Waals surface area contributed by atoms with Gasteiger partial charge in [-0.3, -0.25) is 4.79 Å². The van der Waals surface area contributed by atoms with Crippen LogP contribution in [-0.4, -0.2) is 28.8 Å². The molecule has 3 rings (SSSR count). The van der Waals surface area contributed by atoms with E-state index in [1.54, 1.807) is 0 Å². The van der Waals surface area contributed by atoms with Gasteiger partial charge in [-0.1, -0.05) is 17.7 Å². The Balaban J connectivity index is 0.00000225. The lowest BCUT2D eigenvalue weighted by Crippen LogP contribution is -2.24. The van der Waals surface area contributed by atoms with Crippen molar-refractivity contribution in [2.75, 3.05) is 13.1 Å². The predicted molar refractivity (Wildman–Crippen MR) is 107 cm³/mol. The third-order valence-electron chi connectivity index (χ3n) is 3.74. The molecule has 0 bridgehead atoms. The van der Waals surface area contributed by atoms with Crippen LogP contribution in [0.25, 0.3) is 15.9 Å². The summed E-state index contributed by atoms with van der Waals surface area (Å²) < 4.78 is 1.84. The van der Waals surface area contributed by atoms with Gasteiger partial charge in [-0.25, -0.2) is 4.68 Å². The fraction of sp³-hybridized carbons (Fsp3) is 0.294. The van der Waals surface area contributed by atoms with Crippen molar-refractivity contribution in [2.45, 2.75) is 19.8 Å². The van der Waals surface area contributed by atoms with Gasteiger partial charge in [0.2, 0.25) is 0 Å². The highest BCUT2D eigenvalue weighted by molar-refractivity contribution is 7.20. The topological polar surface area (TPSA) is 72.9 Å². The number of benzene rings is 1. The van der Waals surface area contributed by atoms with Crippen LogP contribution in [-0.2, 0) is 0 Å². The summed E-state index contributed by atoms with van der Waals surface area (Å²) in [4.78, 5) is 13.9. The Kier molecular flexibility index (Phi) is 6.84. The summed E-state index contributed by atoms with van der Waals surface area (Å²) in [5, 5.41) is 9.16. The number of aromatic nitrogens is 2. The van der Waals surface area contributed by atoms with Gasteiger partial charge < -0.3 is 11.1 Å². The molecule has 0 aliphatic carbocycles. The van der Waals surface area contributed by atoms with E-state index in [-0.39, 0.29) is 18.3 Å². The van der Waals surface area contributed by atoms with Crippen LogP contribution in [0.1, 0.15) is 28.2 Å². The molecule has 2 heterocycles. The Morgan fingerprint density at radius 2 is 2.16 bits per heavy atom. The molecule has 0 fully saturated rings. The minimum atomic E-state index is -0.0507. The molecule has 3 aromatic rings. The molecular weight excluding hydrogens is 379 g/mol. The van der Waals surface area contributed by atoms with Gasteiger partial charge in [0.1, 0.15) is 4.83 Å². The first-order valence-electron chi connectivity index (χ1n) is 7.83. The lowest BCUT2D eigenvalue weighted by molar-refractivity contribution is 0.0957.